The van der Waals surface area contributed by atoms with E-state index >= 15 is 0 Å². The highest BCUT2D eigenvalue weighted by atomic mass is 19.1. The third-order valence-corrected chi connectivity index (χ3v) is 3.50. The Morgan fingerprint density at radius 2 is 2.00 bits per heavy atom. The van der Waals surface area contributed by atoms with Crippen LogP contribution in [0.1, 0.15) is 18.4 Å². The van der Waals surface area contributed by atoms with Gasteiger partial charge in [0.25, 0.3) is 0 Å². The molecule has 114 valence electrons. The lowest BCUT2D eigenvalue weighted by Crippen LogP contribution is -2.53. The molecule has 0 spiro atoms. The summed E-state index contributed by atoms with van der Waals surface area (Å²) in [7, 11) is 0. The van der Waals surface area contributed by atoms with Crippen molar-refractivity contribution in [3.8, 4) is 0 Å². The van der Waals surface area contributed by atoms with Crippen LogP contribution >= 0.6 is 0 Å². The van der Waals surface area contributed by atoms with Crippen LogP contribution in [-0.4, -0.2) is 47.7 Å². The molecule has 7 heteroatoms. The molecule has 0 saturated carbocycles. The molecular weight excluding hydrogens is 284 g/mol. The zero-order valence-corrected chi connectivity index (χ0v) is 11.4. The van der Waals surface area contributed by atoms with Crippen LogP contribution < -0.4 is 0 Å². The van der Waals surface area contributed by atoms with E-state index < -0.39 is 35.5 Å². The number of benzene rings is 1. The van der Waals surface area contributed by atoms with E-state index in [9.17, 15) is 18.4 Å². The van der Waals surface area contributed by atoms with Gasteiger partial charge in [-0.15, -0.1) is 0 Å². The Labute approximate surface area is 120 Å². The number of hydrogen-bond acceptors (Lipinski definition) is 3. The van der Waals surface area contributed by atoms with Crippen LogP contribution in [0.4, 0.5) is 8.78 Å². The molecule has 0 bridgehead atoms. The Kier molecular flexibility index (Phi) is 4.52. The van der Waals surface area contributed by atoms with Crippen LogP contribution in [0.2, 0.25) is 0 Å². The minimum Gasteiger partial charge on any atom is -0.480 e. The largest absolute Gasteiger partial charge is 0.480 e. The number of carboxylic acid groups (broad SMARTS) is 1. The van der Waals surface area contributed by atoms with Gasteiger partial charge in [0.2, 0.25) is 5.91 Å². The van der Waals surface area contributed by atoms with Gasteiger partial charge in [0.1, 0.15) is 11.6 Å². The van der Waals surface area contributed by atoms with Crippen LogP contribution in [0.3, 0.4) is 0 Å². The predicted octanol–water partition coefficient (Wildman–Crippen LogP) is 1.38. The highest BCUT2D eigenvalue weighted by Crippen LogP contribution is 2.25. The first-order valence-corrected chi connectivity index (χ1v) is 6.48. The van der Waals surface area contributed by atoms with Gasteiger partial charge in [0.05, 0.1) is 19.1 Å². The van der Waals surface area contributed by atoms with E-state index in [1.165, 1.54) is 13.0 Å². The molecule has 2 rings (SSSR count). The van der Waals surface area contributed by atoms with Crippen molar-refractivity contribution in [2.45, 2.75) is 18.9 Å². The van der Waals surface area contributed by atoms with Crippen molar-refractivity contribution >= 4 is 11.9 Å². The van der Waals surface area contributed by atoms with Crippen molar-refractivity contribution in [2.24, 2.45) is 0 Å². The quantitative estimate of drug-likeness (QED) is 0.915. The topological polar surface area (TPSA) is 66.8 Å². The Morgan fingerprint density at radius 1 is 1.38 bits per heavy atom. The monoisotopic (exact) mass is 299 g/mol. The summed E-state index contributed by atoms with van der Waals surface area (Å²) in [5.74, 6) is -4.59. The molecule has 1 aromatic rings. The molecule has 1 amide bonds. The molecule has 21 heavy (non-hydrogen) atoms. The smallest absolute Gasteiger partial charge is 0.328 e. The zero-order chi connectivity index (χ0) is 15.6. The summed E-state index contributed by atoms with van der Waals surface area (Å²) >= 11 is 0. The molecule has 0 radical (unpaired) electrons. The van der Waals surface area contributed by atoms with Gasteiger partial charge in [0.15, 0.2) is 6.04 Å². The minimum atomic E-state index is -1.20. The maximum absolute atomic E-state index is 13.7. The number of carboxylic acids is 1. The summed E-state index contributed by atoms with van der Waals surface area (Å²) < 4.78 is 32.5. The first-order valence-electron chi connectivity index (χ1n) is 6.48. The second-order valence-corrected chi connectivity index (χ2v) is 4.82. The summed E-state index contributed by atoms with van der Waals surface area (Å²) in [4.78, 5) is 24.6. The number of aliphatic carboxylic acids is 1. The maximum Gasteiger partial charge on any atom is 0.328 e. The van der Waals surface area contributed by atoms with Crippen LogP contribution in [-0.2, 0) is 14.3 Å². The van der Waals surface area contributed by atoms with Gasteiger partial charge in [-0.1, -0.05) is 6.07 Å². The summed E-state index contributed by atoms with van der Waals surface area (Å²) in [5, 5.41) is 9.10. The molecule has 5 nitrogen and oxygen atoms in total. The van der Waals surface area contributed by atoms with Gasteiger partial charge in [-0.05, 0) is 19.1 Å². The fourth-order valence-electron chi connectivity index (χ4n) is 2.37. The second kappa shape index (κ2) is 6.17. The molecular formula is C14H15F2NO4. The van der Waals surface area contributed by atoms with E-state index in [2.05, 4.69) is 0 Å². The number of ether oxygens (including phenoxy) is 1. The number of hydrogen-bond donors (Lipinski definition) is 1. The summed E-state index contributed by atoms with van der Waals surface area (Å²) in [6.45, 7) is 1.50. The van der Waals surface area contributed by atoms with Crippen LogP contribution in [0.5, 0.6) is 0 Å². The van der Waals surface area contributed by atoms with E-state index in [-0.39, 0.29) is 25.3 Å². The lowest BCUT2D eigenvalue weighted by molar-refractivity contribution is -0.158. The first kappa shape index (κ1) is 15.4. The first-order chi connectivity index (χ1) is 9.93. The molecule has 2 unspecified atom stereocenters. The van der Waals surface area contributed by atoms with Crippen molar-refractivity contribution in [3.63, 3.8) is 0 Å². The molecule has 0 aliphatic carbocycles. The molecule has 0 aromatic heterocycles. The van der Waals surface area contributed by atoms with Crippen LogP contribution in [0.15, 0.2) is 18.2 Å². The molecule has 1 heterocycles. The van der Waals surface area contributed by atoms with E-state index in [1.807, 2.05) is 0 Å². The molecule has 2 atom stereocenters. The van der Waals surface area contributed by atoms with E-state index in [0.29, 0.717) is 0 Å². The SMILES string of the molecule is CC(C(=O)N1CCOCC1C(=O)O)c1c(F)cccc1F. The Bertz CT molecular complexity index is 544. The summed E-state index contributed by atoms with van der Waals surface area (Å²) in [6.07, 6.45) is 0. The Hall–Kier alpha value is -2.02. The highest BCUT2D eigenvalue weighted by molar-refractivity contribution is 5.88. The standard InChI is InChI=1S/C14H15F2NO4/c1-8(12-9(15)3-2-4-10(12)16)13(18)17-5-6-21-7-11(17)14(19)20/h2-4,8,11H,5-7H2,1H3,(H,19,20). The Morgan fingerprint density at radius 3 is 2.57 bits per heavy atom. The van der Waals surface area contributed by atoms with Gasteiger partial charge in [-0.2, -0.15) is 0 Å². The number of halogens is 2. The number of rotatable bonds is 3. The lowest BCUT2D eigenvalue weighted by Gasteiger charge is -2.34. The average molecular weight is 299 g/mol. The second-order valence-electron chi connectivity index (χ2n) is 4.82. The molecule has 1 aliphatic heterocycles. The summed E-state index contributed by atoms with van der Waals surface area (Å²) in [5.41, 5.74) is -0.349. The fourth-order valence-corrected chi connectivity index (χ4v) is 2.37. The van der Waals surface area contributed by atoms with E-state index in [1.54, 1.807) is 0 Å². The van der Waals surface area contributed by atoms with Gasteiger partial charge >= 0.3 is 5.97 Å². The predicted molar refractivity (Wildman–Crippen MR) is 68.7 cm³/mol. The highest BCUT2D eigenvalue weighted by Gasteiger charge is 2.36. The number of carbonyl (C=O) groups is 2. The van der Waals surface area contributed by atoms with Crippen molar-refractivity contribution in [1.29, 1.82) is 0 Å². The van der Waals surface area contributed by atoms with Crippen LogP contribution in [0.25, 0.3) is 0 Å². The molecule has 1 aliphatic rings. The molecule has 1 aromatic carbocycles. The number of carbonyl (C=O) groups excluding carboxylic acids is 1. The number of morpholine rings is 1. The van der Waals surface area contributed by atoms with E-state index in [4.69, 9.17) is 9.84 Å². The van der Waals surface area contributed by atoms with Crippen molar-refractivity contribution in [3.05, 3.63) is 35.4 Å². The van der Waals surface area contributed by atoms with Gasteiger partial charge < -0.3 is 14.7 Å². The van der Waals surface area contributed by atoms with Crippen molar-refractivity contribution in [2.75, 3.05) is 19.8 Å². The summed E-state index contributed by atoms with van der Waals surface area (Å²) in [6, 6.07) is 2.20. The average Bonchev–Trinajstić information content (AvgIpc) is 2.46. The fraction of sp³-hybridized carbons (Fsp3) is 0.429. The van der Waals surface area contributed by atoms with Gasteiger partial charge in [0, 0.05) is 12.1 Å². The number of nitrogens with zero attached hydrogens (tertiary/aromatic N) is 1. The Balaban J connectivity index is 2.28. The van der Waals surface area contributed by atoms with E-state index in [0.717, 1.165) is 17.0 Å². The van der Waals surface area contributed by atoms with Crippen molar-refractivity contribution < 1.29 is 28.2 Å². The zero-order valence-electron chi connectivity index (χ0n) is 11.4. The maximum atomic E-state index is 13.7. The molecule has 1 saturated heterocycles. The van der Waals surface area contributed by atoms with Gasteiger partial charge in [-0.25, -0.2) is 13.6 Å². The lowest BCUT2D eigenvalue weighted by atomic mass is 9.97. The normalized spacial score (nSPS) is 20.1. The third kappa shape index (κ3) is 3.02. The van der Waals surface area contributed by atoms with Crippen LogP contribution in [0, 0.1) is 11.6 Å². The van der Waals surface area contributed by atoms with Gasteiger partial charge in [-0.3, -0.25) is 4.79 Å². The molecule has 1 N–H and O–H groups in total. The minimum absolute atomic E-state index is 0.0796. The molecule has 1 fully saturated rings. The number of amides is 1. The third-order valence-electron chi connectivity index (χ3n) is 3.50. The van der Waals surface area contributed by atoms with Crippen molar-refractivity contribution in [1.82, 2.24) is 4.90 Å².